The van der Waals surface area contributed by atoms with Gasteiger partial charge in [-0.25, -0.2) is 4.79 Å². The molecule has 0 aliphatic carbocycles. The normalized spacial score (nSPS) is 14.2. The van der Waals surface area contributed by atoms with Crippen LogP contribution < -0.4 is 10.2 Å². The zero-order valence-electron chi connectivity index (χ0n) is 16.6. The lowest BCUT2D eigenvalue weighted by molar-refractivity contribution is -0.151. The zero-order chi connectivity index (χ0) is 20.6. The predicted molar refractivity (Wildman–Crippen MR) is 111 cm³/mol. The molecule has 0 aromatic heterocycles. The number of carbonyl (C=O) groups excluding carboxylic acids is 3. The first-order valence-electron chi connectivity index (χ1n) is 9.92. The van der Waals surface area contributed by atoms with Gasteiger partial charge in [0.2, 0.25) is 0 Å². The lowest BCUT2D eigenvalue weighted by Crippen LogP contribution is -2.34. The van der Waals surface area contributed by atoms with Crippen LogP contribution in [-0.2, 0) is 14.3 Å². The Morgan fingerprint density at radius 3 is 2.34 bits per heavy atom. The largest absolute Gasteiger partial charge is 0.462 e. The van der Waals surface area contributed by atoms with E-state index < -0.39 is 11.9 Å². The summed E-state index contributed by atoms with van der Waals surface area (Å²) in [6.07, 6.45) is 3.39. The van der Waals surface area contributed by atoms with E-state index in [9.17, 15) is 14.4 Å². The van der Waals surface area contributed by atoms with Crippen LogP contribution in [0.15, 0.2) is 54.6 Å². The number of Topliss-reactive ketones (excluding diaryl/α,β-unsaturated/α-hetero) is 1. The van der Waals surface area contributed by atoms with E-state index in [0.717, 1.165) is 32.4 Å². The third-order valence-corrected chi connectivity index (χ3v) is 5.26. The maximum atomic E-state index is 13.0. The Kier molecular flexibility index (Phi) is 7.14. The van der Waals surface area contributed by atoms with Gasteiger partial charge in [-0.3, -0.25) is 14.5 Å². The third kappa shape index (κ3) is 5.09. The highest BCUT2D eigenvalue weighted by atomic mass is 16.5. The van der Waals surface area contributed by atoms with Gasteiger partial charge >= 0.3 is 11.9 Å². The van der Waals surface area contributed by atoms with Crippen LogP contribution in [0, 0.1) is 5.92 Å². The molecule has 152 valence electrons. The number of rotatable bonds is 6. The minimum atomic E-state index is -0.981. The molecule has 6 nitrogen and oxygen atoms in total. The van der Waals surface area contributed by atoms with Gasteiger partial charge in [-0.1, -0.05) is 30.3 Å². The summed E-state index contributed by atoms with van der Waals surface area (Å²) < 4.78 is 4.64. The lowest BCUT2D eigenvalue weighted by atomic mass is 9.91. The van der Waals surface area contributed by atoms with E-state index in [2.05, 4.69) is 10.1 Å². The van der Waals surface area contributed by atoms with Crippen molar-refractivity contribution in [1.82, 2.24) is 5.32 Å². The number of nitrogens with one attached hydrogen (secondary N) is 1. The van der Waals surface area contributed by atoms with E-state index in [0.29, 0.717) is 29.3 Å². The number of esters is 1. The Hall–Kier alpha value is -2.99. The molecule has 1 aliphatic rings. The van der Waals surface area contributed by atoms with Crippen molar-refractivity contribution < 1.29 is 19.1 Å². The number of anilines is 2. The number of benzene rings is 2. The Morgan fingerprint density at radius 1 is 1.00 bits per heavy atom. The van der Waals surface area contributed by atoms with Crippen LogP contribution in [0.3, 0.4) is 0 Å². The van der Waals surface area contributed by atoms with Crippen LogP contribution in [0.1, 0.15) is 36.0 Å². The third-order valence-electron chi connectivity index (χ3n) is 5.26. The van der Waals surface area contributed by atoms with E-state index in [4.69, 9.17) is 0 Å². The molecule has 0 saturated carbocycles. The van der Waals surface area contributed by atoms with Gasteiger partial charge in [-0.2, -0.15) is 0 Å². The van der Waals surface area contributed by atoms with Crippen LogP contribution in [0.25, 0.3) is 0 Å². The minimum Gasteiger partial charge on any atom is -0.462 e. The van der Waals surface area contributed by atoms with Crippen molar-refractivity contribution in [3.05, 3.63) is 60.2 Å². The van der Waals surface area contributed by atoms with Gasteiger partial charge in [0.1, 0.15) is 0 Å². The van der Waals surface area contributed by atoms with Gasteiger partial charge in [0.15, 0.2) is 5.78 Å². The number of carbonyl (C=O) groups is 3. The molecule has 29 heavy (non-hydrogen) atoms. The minimum absolute atomic E-state index is 0.0299. The molecule has 0 bridgehead atoms. The van der Waals surface area contributed by atoms with E-state index in [1.54, 1.807) is 48.5 Å². The van der Waals surface area contributed by atoms with Crippen LogP contribution in [0.4, 0.5) is 11.4 Å². The fraction of sp³-hybridized carbons (Fsp3) is 0.348. The number of nitrogens with zero attached hydrogens (tertiary/aromatic N) is 1. The van der Waals surface area contributed by atoms with Crippen molar-refractivity contribution in [2.75, 3.05) is 25.1 Å². The number of methoxy groups -OCH3 is 1. The number of para-hydroxylation sites is 2. The molecule has 0 radical (unpaired) electrons. The first-order valence-corrected chi connectivity index (χ1v) is 9.92. The van der Waals surface area contributed by atoms with Crippen molar-refractivity contribution in [2.24, 2.45) is 5.92 Å². The van der Waals surface area contributed by atoms with Gasteiger partial charge in [-0.15, -0.1) is 0 Å². The van der Waals surface area contributed by atoms with Crippen LogP contribution in [0.5, 0.6) is 0 Å². The average Bonchev–Trinajstić information content (AvgIpc) is 2.78. The van der Waals surface area contributed by atoms with E-state index >= 15 is 0 Å². The second-order valence-electron chi connectivity index (χ2n) is 7.14. The molecule has 2 aromatic rings. The molecule has 0 atom stereocenters. The molecule has 1 fully saturated rings. The Labute approximate surface area is 170 Å². The quantitative estimate of drug-likeness (QED) is 0.461. The van der Waals surface area contributed by atoms with Gasteiger partial charge in [-0.05, 0) is 62.5 Å². The molecule has 0 unspecified atom stereocenters. The number of hydrogen-bond donors (Lipinski definition) is 1. The Morgan fingerprint density at radius 2 is 1.66 bits per heavy atom. The zero-order valence-corrected chi connectivity index (χ0v) is 16.6. The molecule has 1 N–H and O–H groups in total. The Balaban J connectivity index is 1.89. The van der Waals surface area contributed by atoms with Gasteiger partial charge < -0.3 is 10.1 Å². The van der Waals surface area contributed by atoms with Crippen molar-refractivity contribution in [3.8, 4) is 0 Å². The summed E-state index contributed by atoms with van der Waals surface area (Å²) in [6.45, 7) is 1.98. The molecular formula is C23H26N2O4. The van der Waals surface area contributed by atoms with Crippen LogP contribution in [0.2, 0.25) is 0 Å². The molecule has 0 spiro atoms. The van der Waals surface area contributed by atoms with Gasteiger partial charge in [0.05, 0.1) is 12.8 Å². The number of ether oxygens (including phenoxy) is 1. The molecular weight excluding hydrogens is 368 g/mol. The number of ketones is 1. The van der Waals surface area contributed by atoms with Crippen molar-refractivity contribution >= 4 is 29.0 Å². The molecule has 1 amide bonds. The summed E-state index contributed by atoms with van der Waals surface area (Å²) in [7, 11) is 1.17. The summed E-state index contributed by atoms with van der Waals surface area (Å²) in [6, 6.07) is 15.7. The number of amides is 1. The Bertz CT molecular complexity index is 860. The van der Waals surface area contributed by atoms with Gasteiger partial charge in [0.25, 0.3) is 0 Å². The molecule has 2 aromatic carbocycles. The molecule has 1 aliphatic heterocycles. The monoisotopic (exact) mass is 394 g/mol. The summed E-state index contributed by atoms with van der Waals surface area (Å²) in [5.41, 5.74) is 1.33. The molecule has 6 heteroatoms. The topological polar surface area (TPSA) is 75.7 Å². The fourth-order valence-electron chi connectivity index (χ4n) is 3.67. The fourth-order valence-corrected chi connectivity index (χ4v) is 3.67. The number of piperidine rings is 1. The SMILES string of the molecule is COC(=O)C(=O)N(c1ccccc1)c1ccccc1C(=O)CCC1CCNCC1. The summed E-state index contributed by atoms with van der Waals surface area (Å²) >= 11 is 0. The maximum Gasteiger partial charge on any atom is 0.397 e. The van der Waals surface area contributed by atoms with Crippen molar-refractivity contribution in [3.63, 3.8) is 0 Å². The standard InChI is InChI=1S/C23H26N2O4/c1-29-23(28)22(27)25(18-7-3-2-4-8-18)20-10-6-5-9-19(20)21(26)12-11-17-13-15-24-16-14-17/h2-10,17,24H,11-16H2,1H3. The van der Waals surface area contributed by atoms with E-state index in [-0.39, 0.29) is 5.78 Å². The summed E-state index contributed by atoms with van der Waals surface area (Å²) in [5.74, 6) is -1.31. The molecule has 3 rings (SSSR count). The van der Waals surface area contributed by atoms with E-state index in [1.165, 1.54) is 12.0 Å². The van der Waals surface area contributed by atoms with Crippen molar-refractivity contribution in [2.45, 2.75) is 25.7 Å². The van der Waals surface area contributed by atoms with Crippen LogP contribution in [-0.4, -0.2) is 37.9 Å². The highest BCUT2D eigenvalue weighted by Gasteiger charge is 2.29. The molecule has 1 heterocycles. The average molecular weight is 394 g/mol. The number of hydrogen-bond acceptors (Lipinski definition) is 5. The smallest absolute Gasteiger partial charge is 0.397 e. The summed E-state index contributed by atoms with van der Waals surface area (Å²) in [4.78, 5) is 39.1. The highest BCUT2D eigenvalue weighted by Crippen LogP contribution is 2.31. The first-order chi connectivity index (χ1) is 14.1. The van der Waals surface area contributed by atoms with Gasteiger partial charge in [0, 0.05) is 17.7 Å². The van der Waals surface area contributed by atoms with Crippen LogP contribution >= 0.6 is 0 Å². The predicted octanol–water partition coefficient (Wildman–Crippen LogP) is 3.49. The van der Waals surface area contributed by atoms with E-state index in [1.807, 2.05) is 6.07 Å². The second-order valence-corrected chi connectivity index (χ2v) is 7.14. The lowest BCUT2D eigenvalue weighted by Gasteiger charge is -2.25. The molecule has 1 saturated heterocycles. The van der Waals surface area contributed by atoms with Crippen molar-refractivity contribution in [1.29, 1.82) is 0 Å². The highest BCUT2D eigenvalue weighted by molar-refractivity contribution is 6.40. The maximum absolute atomic E-state index is 13.0. The summed E-state index contributed by atoms with van der Waals surface area (Å²) in [5, 5.41) is 3.33. The second kappa shape index (κ2) is 9.98. The first kappa shape index (κ1) is 20.7.